The van der Waals surface area contributed by atoms with Gasteiger partial charge in [0, 0.05) is 15.3 Å². The molecule has 3 heteroatoms. The molecule has 18 heavy (non-hydrogen) atoms. The summed E-state index contributed by atoms with van der Waals surface area (Å²) in [5, 5.41) is 2.75. The molecule has 0 aliphatic carbocycles. The van der Waals surface area contributed by atoms with Crippen molar-refractivity contribution in [3.05, 3.63) is 75.5 Å². The molecule has 2 aromatic rings. The van der Waals surface area contributed by atoms with Crippen molar-refractivity contribution in [2.24, 2.45) is 0 Å². The van der Waals surface area contributed by atoms with Crippen LogP contribution < -0.4 is 5.32 Å². The molecule has 0 spiro atoms. The summed E-state index contributed by atoms with van der Waals surface area (Å²) in [6, 6.07) is 17.1. The highest BCUT2D eigenvalue weighted by Gasteiger charge is 2.00. The van der Waals surface area contributed by atoms with E-state index in [1.165, 1.54) is 0 Å². The molecule has 0 saturated carbocycles. The molecule has 0 heterocycles. The average molecular weight is 349 g/mol. The molecule has 0 radical (unpaired) electrons. The summed E-state index contributed by atoms with van der Waals surface area (Å²) in [5.74, 6) is -0.0993. The minimum Gasteiger partial charge on any atom is -0.329 e. The van der Waals surface area contributed by atoms with Crippen molar-refractivity contribution in [3.63, 3.8) is 0 Å². The Kier molecular flexibility index (Phi) is 4.52. The van der Waals surface area contributed by atoms with E-state index in [1.54, 1.807) is 18.3 Å². The van der Waals surface area contributed by atoms with Crippen LogP contribution in [0.4, 0.5) is 0 Å². The molecule has 0 atom stereocenters. The summed E-state index contributed by atoms with van der Waals surface area (Å²) in [5.41, 5.74) is 1.75. The zero-order valence-electron chi connectivity index (χ0n) is 9.64. The maximum Gasteiger partial charge on any atom is 0.255 e. The molecule has 0 unspecified atom stereocenters. The highest BCUT2D eigenvalue weighted by atomic mass is 127. The van der Waals surface area contributed by atoms with E-state index < -0.39 is 0 Å². The molecular weight excluding hydrogens is 337 g/mol. The monoisotopic (exact) mass is 349 g/mol. The van der Waals surface area contributed by atoms with Gasteiger partial charge in [0.25, 0.3) is 5.91 Å². The summed E-state index contributed by atoms with van der Waals surface area (Å²) in [6.07, 6.45) is 3.56. The van der Waals surface area contributed by atoms with E-state index in [2.05, 4.69) is 27.9 Å². The third-order valence-corrected chi connectivity index (χ3v) is 3.40. The fraction of sp³-hybridized carbons (Fsp3) is 0. The Bertz CT molecular complexity index is 564. The fourth-order valence-corrected chi connectivity index (χ4v) is 2.06. The van der Waals surface area contributed by atoms with Gasteiger partial charge in [-0.25, -0.2) is 0 Å². The highest BCUT2D eigenvalue weighted by molar-refractivity contribution is 14.1. The van der Waals surface area contributed by atoms with Gasteiger partial charge >= 0.3 is 0 Å². The molecule has 0 fully saturated rings. The van der Waals surface area contributed by atoms with E-state index in [0.717, 1.165) is 9.13 Å². The third-order valence-electron chi connectivity index (χ3n) is 2.42. The lowest BCUT2D eigenvalue weighted by atomic mass is 10.2. The Labute approximate surface area is 120 Å². The molecule has 90 valence electrons. The highest BCUT2D eigenvalue weighted by Crippen LogP contribution is 2.12. The maximum atomic E-state index is 11.8. The molecule has 1 N–H and O–H groups in total. The van der Waals surface area contributed by atoms with Gasteiger partial charge in [-0.1, -0.05) is 36.4 Å². The summed E-state index contributed by atoms with van der Waals surface area (Å²) in [6.45, 7) is 0. The van der Waals surface area contributed by atoms with Crippen LogP contribution in [0.2, 0.25) is 0 Å². The molecule has 0 aromatic heterocycles. The van der Waals surface area contributed by atoms with Crippen molar-refractivity contribution in [1.29, 1.82) is 0 Å². The smallest absolute Gasteiger partial charge is 0.255 e. The quantitative estimate of drug-likeness (QED) is 0.842. The lowest BCUT2D eigenvalue weighted by Gasteiger charge is -2.00. The summed E-state index contributed by atoms with van der Waals surface area (Å²) in [4.78, 5) is 11.8. The standard InChI is InChI=1S/C15H12INO/c16-14-9-5-4-6-12(14)10-11-17-15(18)13-7-2-1-3-8-13/h1-11H,(H,17,18). The van der Waals surface area contributed by atoms with E-state index in [1.807, 2.05) is 48.5 Å². The predicted molar refractivity (Wildman–Crippen MR) is 82.1 cm³/mol. The van der Waals surface area contributed by atoms with Crippen LogP contribution in [0, 0.1) is 3.57 Å². The van der Waals surface area contributed by atoms with Gasteiger partial charge in [-0.15, -0.1) is 0 Å². The second kappa shape index (κ2) is 6.35. The molecule has 0 bridgehead atoms. The van der Waals surface area contributed by atoms with Gasteiger partial charge < -0.3 is 5.32 Å². The Hall–Kier alpha value is -1.62. The van der Waals surface area contributed by atoms with Crippen LogP contribution in [0.25, 0.3) is 6.08 Å². The van der Waals surface area contributed by atoms with Crippen LogP contribution in [0.5, 0.6) is 0 Å². The zero-order valence-corrected chi connectivity index (χ0v) is 11.8. The van der Waals surface area contributed by atoms with Gasteiger partial charge in [-0.3, -0.25) is 4.79 Å². The third kappa shape index (κ3) is 3.43. The van der Waals surface area contributed by atoms with Gasteiger partial charge in [0.1, 0.15) is 0 Å². The van der Waals surface area contributed by atoms with Crippen LogP contribution >= 0.6 is 22.6 Å². The molecule has 1 amide bonds. The number of amides is 1. The van der Waals surface area contributed by atoms with E-state index in [0.29, 0.717) is 5.56 Å². The number of rotatable bonds is 3. The van der Waals surface area contributed by atoms with Crippen molar-refractivity contribution in [1.82, 2.24) is 5.32 Å². The average Bonchev–Trinajstić information content (AvgIpc) is 2.42. The topological polar surface area (TPSA) is 29.1 Å². The number of benzene rings is 2. The molecule has 2 rings (SSSR count). The number of carbonyl (C=O) groups excluding carboxylic acids is 1. The SMILES string of the molecule is O=C(NC=Cc1ccccc1I)c1ccccc1. The van der Waals surface area contributed by atoms with E-state index >= 15 is 0 Å². The Morgan fingerprint density at radius 2 is 1.67 bits per heavy atom. The molecule has 0 saturated heterocycles. The first-order valence-corrected chi connectivity index (χ1v) is 6.62. The Morgan fingerprint density at radius 3 is 2.39 bits per heavy atom. The van der Waals surface area contributed by atoms with Gasteiger partial charge in [-0.05, 0) is 52.4 Å². The first-order valence-electron chi connectivity index (χ1n) is 5.54. The molecule has 2 aromatic carbocycles. The molecule has 2 nitrogen and oxygen atoms in total. The van der Waals surface area contributed by atoms with Crippen molar-refractivity contribution >= 4 is 34.6 Å². The van der Waals surface area contributed by atoms with Gasteiger partial charge in [-0.2, -0.15) is 0 Å². The lowest BCUT2D eigenvalue weighted by Crippen LogP contribution is -2.16. The zero-order chi connectivity index (χ0) is 12.8. The first kappa shape index (κ1) is 12.8. The van der Waals surface area contributed by atoms with Crippen LogP contribution in [-0.4, -0.2) is 5.91 Å². The van der Waals surface area contributed by atoms with Crippen molar-refractivity contribution in [2.75, 3.05) is 0 Å². The van der Waals surface area contributed by atoms with Crippen molar-refractivity contribution in [3.8, 4) is 0 Å². The normalized spacial score (nSPS) is 10.5. The largest absolute Gasteiger partial charge is 0.329 e. The second-order valence-corrected chi connectivity index (χ2v) is 4.86. The molecule has 0 aliphatic heterocycles. The number of hydrogen-bond donors (Lipinski definition) is 1. The van der Waals surface area contributed by atoms with Crippen LogP contribution in [-0.2, 0) is 0 Å². The van der Waals surface area contributed by atoms with Crippen LogP contribution in [0.1, 0.15) is 15.9 Å². The van der Waals surface area contributed by atoms with Crippen molar-refractivity contribution < 1.29 is 4.79 Å². The van der Waals surface area contributed by atoms with Gasteiger partial charge in [0.15, 0.2) is 0 Å². The van der Waals surface area contributed by atoms with Gasteiger partial charge in [0.05, 0.1) is 0 Å². The van der Waals surface area contributed by atoms with Crippen LogP contribution in [0.15, 0.2) is 60.8 Å². The summed E-state index contributed by atoms with van der Waals surface area (Å²) in [7, 11) is 0. The minimum atomic E-state index is -0.0993. The first-order chi connectivity index (χ1) is 8.77. The molecule has 0 aliphatic rings. The number of halogens is 1. The maximum absolute atomic E-state index is 11.8. The number of nitrogens with one attached hydrogen (secondary N) is 1. The van der Waals surface area contributed by atoms with E-state index in [9.17, 15) is 4.79 Å². The minimum absolute atomic E-state index is 0.0993. The summed E-state index contributed by atoms with van der Waals surface area (Å²) >= 11 is 2.27. The number of carbonyl (C=O) groups is 1. The number of hydrogen-bond acceptors (Lipinski definition) is 1. The predicted octanol–water partition coefficient (Wildman–Crippen LogP) is 3.69. The van der Waals surface area contributed by atoms with Crippen LogP contribution in [0.3, 0.4) is 0 Å². The van der Waals surface area contributed by atoms with Gasteiger partial charge in [0.2, 0.25) is 0 Å². The summed E-state index contributed by atoms with van der Waals surface area (Å²) < 4.78 is 1.15. The van der Waals surface area contributed by atoms with E-state index in [-0.39, 0.29) is 5.91 Å². The Morgan fingerprint density at radius 1 is 1.00 bits per heavy atom. The Balaban J connectivity index is 2.00. The molecular formula is C15H12INO. The van der Waals surface area contributed by atoms with E-state index in [4.69, 9.17) is 0 Å². The second-order valence-electron chi connectivity index (χ2n) is 3.69. The van der Waals surface area contributed by atoms with Crippen molar-refractivity contribution in [2.45, 2.75) is 0 Å². The lowest BCUT2D eigenvalue weighted by molar-refractivity contribution is 0.0970. The fourth-order valence-electron chi connectivity index (χ4n) is 1.49.